The first-order valence-corrected chi connectivity index (χ1v) is 6.29. The molecular formula is C14H16N2O2. The van der Waals surface area contributed by atoms with Crippen LogP contribution in [0.2, 0.25) is 0 Å². The number of aliphatic hydroxyl groups is 1. The third kappa shape index (κ3) is 1.88. The zero-order valence-corrected chi connectivity index (χ0v) is 10.1. The highest BCUT2D eigenvalue weighted by Gasteiger charge is 2.33. The molecule has 1 aromatic heterocycles. The summed E-state index contributed by atoms with van der Waals surface area (Å²) >= 11 is 0. The zero-order chi connectivity index (χ0) is 12.5. The lowest BCUT2D eigenvalue weighted by Crippen LogP contribution is -2.35. The van der Waals surface area contributed by atoms with Crippen LogP contribution in [0.15, 0.2) is 30.5 Å². The van der Waals surface area contributed by atoms with Crippen LogP contribution < -0.4 is 0 Å². The molecule has 1 aromatic carbocycles. The van der Waals surface area contributed by atoms with Gasteiger partial charge < -0.3 is 15.0 Å². The number of benzene rings is 1. The molecule has 0 spiro atoms. The predicted octanol–water partition coefficient (Wildman–Crippen LogP) is 1.76. The highest BCUT2D eigenvalue weighted by molar-refractivity contribution is 6.06. The lowest BCUT2D eigenvalue weighted by molar-refractivity contribution is 0.0709. The fourth-order valence-electron chi connectivity index (χ4n) is 2.35. The number of nitrogens with one attached hydrogen (secondary N) is 1. The van der Waals surface area contributed by atoms with Crippen LogP contribution >= 0.6 is 0 Å². The SMILES string of the molecule is O=C(c1c[nH]c2ccccc12)N(CCO)C1CC1. The summed E-state index contributed by atoms with van der Waals surface area (Å²) in [6.07, 6.45) is 3.86. The molecule has 0 aliphatic heterocycles. The second-order valence-corrected chi connectivity index (χ2v) is 4.70. The monoisotopic (exact) mass is 244 g/mol. The van der Waals surface area contributed by atoms with Gasteiger partial charge in [-0.05, 0) is 18.9 Å². The Balaban J connectivity index is 1.95. The van der Waals surface area contributed by atoms with Gasteiger partial charge in [0.25, 0.3) is 5.91 Å². The first-order valence-electron chi connectivity index (χ1n) is 6.29. The molecule has 2 aromatic rings. The van der Waals surface area contributed by atoms with E-state index in [0.717, 1.165) is 23.7 Å². The van der Waals surface area contributed by atoms with Crippen LogP contribution in [0, 0.1) is 0 Å². The number of nitrogens with zero attached hydrogens (tertiary/aromatic N) is 1. The molecule has 1 saturated carbocycles. The summed E-state index contributed by atoms with van der Waals surface area (Å²) in [6, 6.07) is 8.10. The van der Waals surface area contributed by atoms with Gasteiger partial charge in [-0.1, -0.05) is 18.2 Å². The lowest BCUT2D eigenvalue weighted by Gasteiger charge is -2.20. The number of aromatic nitrogens is 1. The van der Waals surface area contributed by atoms with E-state index in [-0.39, 0.29) is 12.5 Å². The molecule has 3 rings (SSSR count). The van der Waals surface area contributed by atoms with Gasteiger partial charge in [-0.2, -0.15) is 0 Å². The van der Waals surface area contributed by atoms with E-state index in [2.05, 4.69) is 4.98 Å². The normalized spacial score (nSPS) is 14.9. The maximum Gasteiger partial charge on any atom is 0.256 e. The van der Waals surface area contributed by atoms with Gasteiger partial charge in [-0.3, -0.25) is 4.79 Å². The molecule has 0 bridgehead atoms. The van der Waals surface area contributed by atoms with E-state index in [9.17, 15) is 4.79 Å². The van der Waals surface area contributed by atoms with Crippen molar-refractivity contribution in [3.05, 3.63) is 36.0 Å². The van der Waals surface area contributed by atoms with E-state index in [0.29, 0.717) is 18.2 Å². The van der Waals surface area contributed by atoms with Crippen LogP contribution in [-0.4, -0.2) is 40.1 Å². The van der Waals surface area contributed by atoms with E-state index in [1.54, 1.807) is 11.1 Å². The van der Waals surface area contributed by atoms with Crippen LogP contribution in [0.5, 0.6) is 0 Å². The van der Waals surface area contributed by atoms with E-state index in [4.69, 9.17) is 5.11 Å². The van der Waals surface area contributed by atoms with Crippen LogP contribution in [0.25, 0.3) is 10.9 Å². The van der Waals surface area contributed by atoms with Crippen LogP contribution in [0.1, 0.15) is 23.2 Å². The van der Waals surface area contributed by atoms with Gasteiger partial charge in [0.15, 0.2) is 0 Å². The maximum absolute atomic E-state index is 12.5. The molecule has 0 unspecified atom stereocenters. The van der Waals surface area contributed by atoms with Gasteiger partial charge in [-0.15, -0.1) is 0 Å². The van der Waals surface area contributed by atoms with Crippen molar-refractivity contribution >= 4 is 16.8 Å². The number of carbonyl (C=O) groups is 1. The minimum absolute atomic E-state index is 0.0176. The van der Waals surface area contributed by atoms with Crippen molar-refractivity contribution in [3.63, 3.8) is 0 Å². The summed E-state index contributed by atoms with van der Waals surface area (Å²) in [5.41, 5.74) is 1.67. The number of hydrogen-bond donors (Lipinski definition) is 2. The van der Waals surface area contributed by atoms with Crippen molar-refractivity contribution < 1.29 is 9.90 Å². The third-order valence-corrected chi connectivity index (χ3v) is 3.41. The number of para-hydroxylation sites is 1. The Labute approximate surface area is 105 Å². The number of amides is 1. The minimum Gasteiger partial charge on any atom is -0.395 e. The third-order valence-electron chi connectivity index (χ3n) is 3.41. The van der Waals surface area contributed by atoms with Gasteiger partial charge in [0.05, 0.1) is 12.2 Å². The first-order chi connectivity index (χ1) is 8.81. The van der Waals surface area contributed by atoms with Gasteiger partial charge in [0, 0.05) is 29.7 Å². The average Bonchev–Trinajstić information content (AvgIpc) is 3.14. The smallest absolute Gasteiger partial charge is 0.256 e. The first kappa shape index (κ1) is 11.3. The summed E-state index contributed by atoms with van der Waals surface area (Å²) in [4.78, 5) is 17.4. The number of aliphatic hydroxyl groups excluding tert-OH is 1. The summed E-state index contributed by atoms with van der Waals surface area (Å²) < 4.78 is 0. The summed E-state index contributed by atoms with van der Waals surface area (Å²) in [5.74, 6) is 0.0176. The van der Waals surface area contributed by atoms with E-state index in [1.807, 2.05) is 24.3 Å². The summed E-state index contributed by atoms with van der Waals surface area (Å²) in [7, 11) is 0. The number of hydrogen-bond acceptors (Lipinski definition) is 2. The second kappa shape index (κ2) is 4.46. The molecule has 1 aliphatic carbocycles. The van der Waals surface area contributed by atoms with Crippen LogP contribution in [-0.2, 0) is 0 Å². The lowest BCUT2D eigenvalue weighted by atomic mass is 10.1. The van der Waals surface area contributed by atoms with Crippen molar-refractivity contribution in [2.45, 2.75) is 18.9 Å². The predicted molar refractivity (Wildman–Crippen MR) is 69.4 cm³/mol. The van der Waals surface area contributed by atoms with Gasteiger partial charge >= 0.3 is 0 Å². The number of H-pyrrole nitrogens is 1. The highest BCUT2D eigenvalue weighted by Crippen LogP contribution is 2.29. The zero-order valence-electron chi connectivity index (χ0n) is 10.1. The minimum atomic E-state index is 0.0176. The molecule has 0 saturated heterocycles. The fourth-order valence-corrected chi connectivity index (χ4v) is 2.35. The number of rotatable bonds is 4. The maximum atomic E-state index is 12.5. The Kier molecular flexibility index (Phi) is 2.80. The molecule has 1 amide bonds. The van der Waals surface area contributed by atoms with Gasteiger partial charge in [0.2, 0.25) is 0 Å². The van der Waals surface area contributed by atoms with Crippen molar-refractivity contribution in [3.8, 4) is 0 Å². The second-order valence-electron chi connectivity index (χ2n) is 4.70. The number of carbonyl (C=O) groups excluding carboxylic acids is 1. The largest absolute Gasteiger partial charge is 0.395 e. The van der Waals surface area contributed by atoms with Crippen LogP contribution in [0.3, 0.4) is 0 Å². The van der Waals surface area contributed by atoms with E-state index < -0.39 is 0 Å². The van der Waals surface area contributed by atoms with E-state index in [1.165, 1.54) is 0 Å². The molecule has 2 N–H and O–H groups in total. The molecule has 1 heterocycles. The molecule has 1 aliphatic rings. The fraction of sp³-hybridized carbons (Fsp3) is 0.357. The molecule has 0 atom stereocenters. The molecule has 4 heteroatoms. The Morgan fingerprint density at radius 2 is 2.17 bits per heavy atom. The Morgan fingerprint density at radius 3 is 2.89 bits per heavy atom. The summed E-state index contributed by atoms with van der Waals surface area (Å²) in [6.45, 7) is 0.438. The number of fused-ring (bicyclic) bond motifs is 1. The Bertz CT molecular complexity index is 572. The molecule has 4 nitrogen and oxygen atoms in total. The molecule has 94 valence electrons. The van der Waals surface area contributed by atoms with Crippen LogP contribution in [0.4, 0.5) is 0 Å². The topological polar surface area (TPSA) is 56.3 Å². The molecule has 18 heavy (non-hydrogen) atoms. The molecule has 1 fully saturated rings. The van der Waals surface area contributed by atoms with Crippen molar-refractivity contribution in [2.24, 2.45) is 0 Å². The molecule has 0 radical (unpaired) electrons. The van der Waals surface area contributed by atoms with Crippen molar-refractivity contribution in [1.29, 1.82) is 0 Å². The van der Waals surface area contributed by atoms with Crippen molar-refractivity contribution in [1.82, 2.24) is 9.88 Å². The Hall–Kier alpha value is -1.81. The average molecular weight is 244 g/mol. The van der Waals surface area contributed by atoms with Gasteiger partial charge in [-0.25, -0.2) is 0 Å². The number of aromatic amines is 1. The Morgan fingerprint density at radius 1 is 1.39 bits per heavy atom. The highest BCUT2D eigenvalue weighted by atomic mass is 16.3. The standard InChI is InChI=1S/C14H16N2O2/c17-8-7-16(10-5-6-10)14(18)12-9-15-13-4-2-1-3-11(12)13/h1-4,9-10,15,17H,5-8H2. The summed E-state index contributed by atoms with van der Waals surface area (Å²) in [5, 5.41) is 10.0. The molecular weight excluding hydrogens is 228 g/mol. The quantitative estimate of drug-likeness (QED) is 0.861. The van der Waals surface area contributed by atoms with Crippen molar-refractivity contribution in [2.75, 3.05) is 13.2 Å². The van der Waals surface area contributed by atoms with E-state index >= 15 is 0 Å². The van der Waals surface area contributed by atoms with Gasteiger partial charge in [0.1, 0.15) is 0 Å².